The molecule has 3 aromatic carbocycles. The fourth-order valence-corrected chi connectivity index (χ4v) is 5.97. The first-order valence-corrected chi connectivity index (χ1v) is 16.3. The van der Waals surface area contributed by atoms with Crippen LogP contribution in [0.25, 0.3) is 0 Å². The molecule has 2 saturated carbocycles. The summed E-state index contributed by atoms with van der Waals surface area (Å²) in [5.41, 5.74) is 3.16. The lowest BCUT2D eigenvalue weighted by molar-refractivity contribution is -0.136. The molecule has 47 heavy (non-hydrogen) atoms. The highest BCUT2D eigenvalue weighted by Crippen LogP contribution is 2.33. The molecule has 3 aromatic rings. The van der Waals surface area contributed by atoms with Crippen LogP contribution in [0.15, 0.2) is 54.6 Å². The SMILES string of the molecule is O=C(NCc1ccc(Cl)c(CN(C(=O)[C@H]2CNCC(=O)N2c2ccc(CCCOc3c(F)ccc(F)c3F)cc2)C2CC2)c1)C1CC1. The highest BCUT2D eigenvalue weighted by Gasteiger charge is 2.41. The van der Waals surface area contributed by atoms with Gasteiger partial charge in [-0.2, -0.15) is 4.39 Å². The van der Waals surface area contributed by atoms with Gasteiger partial charge in [0.25, 0.3) is 0 Å². The molecule has 3 fully saturated rings. The monoisotopic (exact) mass is 668 g/mol. The van der Waals surface area contributed by atoms with Crippen LogP contribution in [0.3, 0.4) is 0 Å². The van der Waals surface area contributed by atoms with E-state index in [-0.39, 0.29) is 49.4 Å². The molecule has 8 nitrogen and oxygen atoms in total. The Bertz CT molecular complexity index is 1650. The standard InChI is InChI=1S/C35H36ClF3N4O4/c36-27-12-5-22(17-41-34(45)23-6-7-23)16-24(27)20-42(25-10-11-25)35(46)30-18-40-19-31(44)43(30)26-8-3-21(4-9-26)2-1-15-47-33-29(38)14-13-28(37)32(33)39/h3-5,8-9,12-14,16,23,25,30,40H,1-2,6-7,10-11,15,17-20H2,(H,41,45)/t30-/m1/s1. The number of ether oxygens (including phenoxy) is 1. The molecule has 1 saturated heterocycles. The molecule has 2 N–H and O–H groups in total. The summed E-state index contributed by atoms with van der Waals surface area (Å²) < 4.78 is 46.3. The number of aryl methyl sites for hydroxylation is 1. The van der Waals surface area contributed by atoms with Crippen LogP contribution < -0.4 is 20.3 Å². The van der Waals surface area contributed by atoms with E-state index in [1.165, 1.54) is 0 Å². The van der Waals surface area contributed by atoms with E-state index in [9.17, 15) is 27.6 Å². The van der Waals surface area contributed by atoms with E-state index >= 15 is 0 Å². The van der Waals surface area contributed by atoms with Crippen molar-refractivity contribution in [1.82, 2.24) is 15.5 Å². The van der Waals surface area contributed by atoms with Crippen molar-refractivity contribution >= 4 is 35.0 Å². The van der Waals surface area contributed by atoms with E-state index in [0.717, 1.165) is 48.4 Å². The van der Waals surface area contributed by atoms with Crippen molar-refractivity contribution in [3.8, 4) is 5.75 Å². The number of rotatable bonds is 13. The quantitative estimate of drug-likeness (QED) is 0.191. The summed E-state index contributed by atoms with van der Waals surface area (Å²) in [6.07, 6.45) is 4.51. The molecule has 1 heterocycles. The Labute approximate surface area is 276 Å². The highest BCUT2D eigenvalue weighted by atomic mass is 35.5. The Hall–Kier alpha value is -4.09. The summed E-state index contributed by atoms with van der Waals surface area (Å²) in [5, 5.41) is 6.58. The minimum atomic E-state index is -1.36. The summed E-state index contributed by atoms with van der Waals surface area (Å²) in [5.74, 6) is -4.47. The third-order valence-corrected chi connectivity index (χ3v) is 9.06. The average molecular weight is 669 g/mol. The van der Waals surface area contributed by atoms with Gasteiger partial charge in [0, 0.05) is 42.3 Å². The summed E-state index contributed by atoms with van der Waals surface area (Å²) in [4.78, 5) is 42.8. The number of piperazine rings is 1. The molecule has 0 bridgehead atoms. The van der Waals surface area contributed by atoms with Gasteiger partial charge >= 0.3 is 0 Å². The van der Waals surface area contributed by atoms with Gasteiger partial charge < -0.3 is 20.3 Å². The number of halogens is 4. The molecule has 0 radical (unpaired) electrons. The highest BCUT2D eigenvalue weighted by molar-refractivity contribution is 6.31. The summed E-state index contributed by atoms with van der Waals surface area (Å²) >= 11 is 6.58. The number of carbonyl (C=O) groups is 3. The smallest absolute Gasteiger partial charge is 0.247 e. The van der Waals surface area contributed by atoms with Crippen molar-refractivity contribution in [2.24, 2.45) is 5.92 Å². The number of amides is 3. The minimum Gasteiger partial charge on any atom is -0.488 e. The van der Waals surface area contributed by atoms with Crippen LogP contribution in [0.5, 0.6) is 5.75 Å². The summed E-state index contributed by atoms with van der Waals surface area (Å²) in [6, 6.07) is 13.6. The molecule has 1 atom stereocenters. The first kappa shape index (κ1) is 32.8. The van der Waals surface area contributed by atoms with Crippen LogP contribution in [0.2, 0.25) is 5.02 Å². The van der Waals surface area contributed by atoms with Crippen molar-refractivity contribution < 1.29 is 32.3 Å². The molecular formula is C35H36ClF3N4O4. The number of nitrogens with zero attached hydrogens (tertiary/aromatic N) is 2. The molecule has 248 valence electrons. The van der Waals surface area contributed by atoms with Gasteiger partial charge in [0.05, 0.1) is 13.2 Å². The first-order chi connectivity index (χ1) is 22.7. The van der Waals surface area contributed by atoms with Crippen molar-refractivity contribution in [3.05, 3.63) is 93.8 Å². The first-order valence-electron chi connectivity index (χ1n) is 15.9. The Balaban J connectivity index is 1.10. The molecule has 3 amide bonds. The molecule has 1 aliphatic heterocycles. The van der Waals surface area contributed by atoms with Gasteiger partial charge in [-0.1, -0.05) is 35.9 Å². The van der Waals surface area contributed by atoms with Crippen molar-refractivity contribution in [3.63, 3.8) is 0 Å². The minimum absolute atomic E-state index is 0.0229. The number of benzene rings is 3. The fraction of sp³-hybridized carbons (Fsp3) is 0.400. The molecule has 12 heteroatoms. The topological polar surface area (TPSA) is 91.0 Å². The van der Waals surface area contributed by atoms with Crippen LogP contribution in [0.1, 0.15) is 48.8 Å². The number of hydrogen-bond donors (Lipinski definition) is 2. The van der Waals surface area contributed by atoms with Crippen LogP contribution in [0.4, 0.5) is 18.9 Å². The third-order valence-electron chi connectivity index (χ3n) is 8.69. The molecule has 3 aliphatic rings. The van der Waals surface area contributed by atoms with E-state index in [1.807, 2.05) is 29.2 Å². The number of anilines is 1. The molecule has 0 aromatic heterocycles. The molecule has 2 aliphatic carbocycles. The summed E-state index contributed by atoms with van der Waals surface area (Å²) in [6.45, 7) is 1.04. The number of nitrogens with one attached hydrogen (secondary N) is 2. The van der Waals surface area contributed by atoms with E-state index in [4.69, 9.17) is 16.3 Å². The zero-order valence-electron chi connectivity index (χ0n) is 25.7. The lowest BCUT2D eigenvalue weighted by Gasteiger charge is -2.38. The van der Waals surface area contributed by atoms with Crippen LogP contribution >= 0.6 is 11.6 Å². The van der Waals surface area contributed by atoms with Gasteiger partial charge in [0.2, 0.25) is 23.5 Å². The van der Waals surface area contributed by atoms with Crippen molar-refractivity contribution in [2.75, 3.05) is 24.6 Å². The second-order valence-corrected chi connectivity index (χ2v) is 12.7. The Morgan fingerprint density at radius 2 is 1.70 bits per heavy atom. The maximum Gasteiger partial charge on any atom is 0.247 e. The van der Waals surface area contributed by atoms with Crippen LogP contribution in [-0.2, 0) is 33.9 Å². The number of carbonyl (C=O) groups excluding carboxylic acids is 3. The van der Waals surface area contributed by atoms with Gasteiger partial charge in [-0.15, -0.1) is 0 Å². The van der Waals surface area contributed by atoms with E-state index in [2.05, 4.69) is 10.6 Å². The van der Waals surface area contributed by atoms with Crippen molar-refractivity contribution in [2.45, 2.75) is 63.7 Å². The van der Waals surface area contributed by atoms with Gasteiger partial charge in [-0.3, -0.25) is 19.3 Å². The lowest BCUT2D eigenvalue weighted by atomic mass is 10.1. The zero-order valence-corrected chi connectivity index (χ0v) is 26.5. The molecule has 6 rings (SSSR count). The largest absolute Gasteiger partial charge is 0.488 e. The van der Waals surface area contributed by atoms with E-state index in [1.54, 1.807) is 23.1 Å². The molecule has 0 unspecified atom stereocenters. The van der Waals surface area contributed by atoms with Gasteiger partial charge in [-0.25, -0.2) is 8.78 Å². The third kappa shape index (κ3) is 7.90. The van der Waals surface area contributed by atoms with E-state index in [0.29, 0.717) is 42.7 Å². The average Bonchev–Trinajstić information content (AvgIpc) is 3.99. The maximum absolute atomic E-state index is 14.1. The predicted octanol–water partition coefficient (Wildman–Crippen LogP) is 5.29. The van der Waals surface area contributed by atoms with Crippen LogP contribution in [0, 0.1) is 23.4 Å². The predicted molar refractivity (Wildman–Crippen MR) is 170 cm³/mol. The molecule has 0 spiro atoms. The second kappa shape index (κ2) is 14.4. The Kier molecular flexibility index (Phi) is 10.0. The van der Waals surface area contributed by atoms with Crippen LogP contribution in [-0.4, -0.2) is 54.4 Å². The van der Waals surface area contributed by atoms with Gasteiger partial charge in [0.1, 0.15) is 6.04 Å². The molecular weight excluding hydrogens is 633 g/mol. The second-order valence-electron chi connectivity index (χ2n) is 12.3. The van der Waals surface area contributed by atoms with E-state index < -0.39 is 29.2 Å². The Morgan fingerprint density at radius 3 is 2.43 bits per heavy atom. The lowest BCUT2D eigenvalue weighted by Crippen LogP contribution is -2.61. The summed E-state index contributed by atoms with van der Waals surface area (Å²) in [7, 11) is 0. The normalized spacial score (nSPS) is 17.8. The van der Waals surface area contributed by atoms with Gasteiger partial charge in [0.15, 0.2) is 17.4 Å². The Morgan fingerprint density at radius 1 is 0.979 bits per heavy atom. The van der Waals surface area contributed by atoms with Crippen molar-refractivity contribution in [1.29, 1.82) is 0 Å². The van der Waals surface area contributed by atoms with Gasteiger partial charge in [-0.05, 0) is 85.5 Å². The maximum atomic E-state index is 14.1. The fourth-order valence-electron chi connectivity index (χ4n) is 5.79. The number of hydrogen-bond acceptors (Lipinski definition) is 5. The zero-order chi connectivity index (χ0) is 33.1.